The van der Waals surface area contributed by atoms with Crippen LogP contribution in [0.4, 0.5) is 0 Å². The van der Waals surface area contributed by atoms with E-state index in [9.17, 15) is 14.4 Å². The number of hydrogen-bond acceptors (Lipinski definition) is 5. The van der Waals surface area contributed by atoms with E-state index in [0.717, 1.165) is 0 Å². The van der Waals surface area contributed by atoms with Crippen LogP contribution in [0.25, 0.3) is 0 Å². The summed E-state index contributed by atoms with van der Waals surface area (Å²) in [6, 6.07) is 0. The van der Waals surface area contributed by atoms with Gasteiger partial charge in [-0.1, -0.05) is 6.58 Å². The molecule has 0 heterocycles. The molecule has 0 aliphatic heterocycles. The molecule has 5 nitrogen and oxygen atoms in total. The molecule has 0 saturated carbocycles. The number of alkyl halides is 3. The summed E-state index contributed by atoms with van der Waals surface area (Å²) in [7, 11) is 0. The van der Waals surface area contributed by atoms with E-state index in [1.54, 1.807) is 0 Å². The number of rotatable bonds is 5. The highest BCUT2D eigenvalue weighted by Gasteiger charge is 2.32. The lowest BCUT2D eigenvalue weighted by Gasteiger charge is -2.10. The van der Waals surface area contributed by atoms with Gasteiger partial charge in [0, 0.05) is 12.0 Å². The predicted octanol–water partition coefficient (Wildman–Crippen LogP) is 2.79. The van der Waals surface area contributed by atoms with Crippen LogP contribution in [0.5, 0.6) is 0 Å². The van der Waals surface area contributed by atoms with Gasteiger partial charge >= 0.3 is 17.9 Å². The Balaban J connectivity index is 3.83. The molecule has 0 aliphatic carbocycles. The van der Waals surface area contributed by atoms with E-state index < -0.39 is 20.1 Å². The van der Waals surface area contributed by atoms with Crippen molar-refractivity contribution < 1.29 is 23.9 Å². The van der Waals surface area contributed by atoms with Crippen LogP contribution in [0, 0.1) is 0 Å². The first-order valence-electron chi connectivity index (χ1n) is 4.79. The van der Waals surface area contributed by atoms with E-state index in [0.29, 0.717) is 0 Å². The number of esters is 3. The fourth-order valence-electron chi connectivity index (χ4n) is 0.717. The highest BCUT2D eigenvalue weighted by molar-refractivity contribution is 9.40. The number of ether oxygens (including phenoxy) is 2. The minimum atomic E-state index is -1.27. The minimum absolute atomic E-state index is 0.0295. The number of halogens is 3. The van der Waals surface area contributed by atoms with Gasteiger partial charge < -0.3 is 9.47 Å². The van der Waals surface area contributed by atoms with Crippen LogP contribution >= 0.6 is 47.8 Å². The molecule has 0 fully saturated rings. The van der Waals surface area contributed by atoms with Crippen molar-refractivity contribution in [2.45, 2.75) is 21.9 Å². The van der Waals surface area contributed by atoms with Crippen LogP contribution in [0.15, 0.2) is 12.2 Å². The van der Waals surface area contributed by atoms with E-state index >= 15 is 0 Å². The molecule has 18 heavy (non-hydrogen) atoms. The molecule has 0 saturated heterocycles. The monoisotopic (exact) mass is 448 g/mol. The Morgan fingerprint density at radius 1 is 1.22 bits per heavy atom. The molecule has 0 spiro atoms. The van der Waals surface area contributed by atoms with Crippen LogP contribution < -0.4 is 0 Å². The van der Waals surface area contributed by atoms with E-state index in [2.05, 4.69) is 59.1 Å². The molecule has 0 N–H and O–H groups in total. The average molecular weight is 451 g/mol. The van der Waals surface area contributed by atoms with Gasteiger partial charge in [0.25, 0.3) is 0 Å². The Morgan fingerprint density at radius 3 is 2.22 bits per heavy atom. The molecule has 0 aromatic heterocycles. The lowest BCUT2D eigenvalue weighted by atomic mass is 10.3. The highest BCUT2D eigenvalue weighted by Crippen LogP contribution is 2.34. The predicted molar refractivity (Wildman–Crippen MR) is 75.6 cm³/mol. The van der Waals surface area contributed by atoms with E-state index in [1.807, 2.05) is 0 Å². The zero-order valence-corrected chi connectivity index (χ0v) is 14.3. The summed E-state index contributed by atoms with van der Waals surface area (Å²) in [5, 5.41) is 0. The highest BCUT2D eigenvalue weighted by atomic mass is 80.0. The molecule has 0 unspecified atom stereocenters. The second-order valence-electron chi connectivity index (χ2n) is 3.28. The van der Waals surface area contributed by atoms with Gasteiger partial charge in [-0.25, -0.2) is 9.59 Å². The van der Waals surface area contributed by atoms with Crippen molar-refractivity contribution >= 4 is 65.7 Å². The van der Waals surface area contributed by atoms with Gasteiger partial charge in [-0.2, -0.15) is 0 Å². The molecule has 0 aliphatic rings. The largest absolute Gasteiger partial charge is 0.462 e. The van der Waals surface area contributed by atoms with E-state index in [-0.39, 0.29) is 25.0 Å². The van der Waals surface area contributed by atoms with Crippen LogP contribution in [0.3, 0.4) is 0 Å². The summed E-state index contributed by atoms with van der Waals surface area (Å²) in [6.45, 7) is 5.00. The molecule has 0 rings (SSSR count). The molecule has 0 bridgehead atoms. The maximum Gasteiger partial charge on any atom is 0.352 e. The second-order valence-corrected chi connectivity index (χ2v) is 10.0. The molecular formula is C10H11Br3O5. The molecule has 0 aromatic rings. The fraction of sp³-hybridized carbons (Fsp3) is 0.500. The zero-order chi connectivity index (χ0) is 14.3. The third kappa shape index (κ3) is 7.99. The first kappa shape index (κ1) is 17.8. The third-order valence-corrected chi connectivity index (χ3v) is 2.52. The van der Waals surface area contributed by atoms with Crippen molar-refractivity contribution in [1.29, 1.82) is 0 Å². The van der Waals surface area contributed by atoms with Gasteiger partial charge in [-0.15, -0.1) is 0 Å². The Labute approximate surface area is 130 Å². The van der Waals surface area contributed by atoms with Gasteiger partial charge in [0.15, 0.2) is 0 Å². The quantitative estimate of drug-likeness (QED) is 0.212. The van der Waals surface area contributed by atoms with Crippen molar-refractivity contribution in [3.8, 4) is 0 Å². The maximum absolute atomic E-state index is 11.2. The lowest BCUT2D eigenvalue weighted by molar-refractivity contribution is -0.159. The Hall–Kier alpha value is -0.210. The van der Waals surface area contributed by atoms with Crippen LogP contribution in [-0.2, 0) is 23.9 Å². The van der Waals surface area contributed by atoms with Crippen LogP contribution in [0.2, 0.25) is 0 Å². The Morgan fingerprint density at radius 2 is 1.78 bits per heavy atom. The molecule has 0 atom stereocenters. The lowest BCUT2D eigenvalue weighted by Crippen LogP contribution is -2.23. The molecular weight excluding hydrogens is 440 g/mol. The van der Waals surface area contributed by atoms with Crippen molar-refractivity contribution in [3.05, 3.63) is 12.2 Å². The van der Waals surface area contributed by atoms with Crippen LogP contribution in [0.1, 0.15) is 19.8 Å². The molecule has 8 heteroatoms. The number of hydrogen-bond donors (Lipinski definition) is 0. The normalized spacial score (nSPS) is 10.7. The fourth-order valence-corrected chi connectivity index (χ4v) is 0.960. The second kappa shape index (κ2) is 8.06. The summed E-state index contributed by atoms with van der Waals surface area (Å²) >= 11 is 8.75. The average Bonchev–Trinajstić information content (AvgIpc) is 2.22. The zero-order valence-electron chi connectivity index (χ0n) is 9.50. The smallest absolute Gasteiger partial charge is 0.352 e. The summed E-state index contributed by atoms with van der Waals surface area (Å²) in [4.78, 5) is 33.4. The maximum atomic E-state index is 11.2. The molecule has 0 radical (unpaired) electrons. The standard InChI is InChI=1S/C10H11Br3O5/c1-6(2)8(15)17-5-3-4-7(14)18-9(16)10(11,12)13/h1,3-5H2,2H3. The molecule has 0 aromatic carbocycles. The van der Waals surface area contributed by atoms with Gasteiger partial charge in [-0.05, 0) is 61.1 Å². The van der Waals surface area contributed by atoms with Gasteiger partial charge in [0.2, 0.25) is 2.14 Å². The molecule has 102 valence electrons. The Kier molecular flexibility index (Phi) is 7.97. The van der Waals surface area contributed by atoms with Crippen molar-refractivity contribution in [2.24, 2.45) is 0 Å². The van der Waals surface area contributed by atoms with Gasteiger partial charge in [0.05, 0.1) is 6.61 Å². The summed E-state index contributed by atoms with van der Waals surface area (Å²) < 4.78 is 7.99. The first-order valence-corrected chi connectivity index (χ1v) is 7.17. The number of carbonyl (C=O) groups is 3. The first-order chi connectivity index (χ1) is 8.14. The van der Waals surface area contributed by atoms with Gasteiger partial charge in [0.1, 0.15) is 0 Å². The van der Waals surface area contributed by atoms with E-state index in [4.69, 9.17) is 4.74 Å². The SMILES string of the molecule is C=C(C)C(=O)OCCCC(=O)OC(=O)C(Br)(Br)Br. The summed E-state index contributed by atoms with van der Waals surface area (Å²) in [6.07, 6.45) is 0.239. The topological polar surface area (TPSA) is 69.7 Å². The van der Waals surface area contributed by atoms with Crippen molar-refractivity contribution in [2.75, 3.05) is 6.61 Å². The van der Waals surface area contributed by atoms with E-state index in [1.165, 1.54) is 6.92 Å². The minimum Gasteiger partial charge on any atom is -0.462 e. The number of carbonyl (C=O) groups excluding carboxylic acids is 3. The van der Waals surface area contributed by atoms with Crippen molar-refractivity contribution in [1.82, 2.24) is 0 Å². The third-order valence-electron chi connectivity index (χ3n) is 1.54. The summed E-state index contributed by atoms with van der Waals surface area (Å²) in [5.74, 6) is -2.03. The van der Waals surface area contributed by atoms with Crippen molar-refractivity contribution in [3.63, 3.8) is 0 Å². The van der Waals surface area contributed by atoms with Gasteiger partial charge in [-0.3, -0.25) is 4.79 Å². The Bertz CT molecular complexity index is 359. The van der Waals surface area contributed by atoms with Crippen LogP contribution in [-0.4, -0.2) is 26.7 Å². The molecule has 0 amide bonds. The summed E-state index contributed by atoms with van der Waals surface area (Å²) in [5.41, 5.74) is 0.287.